The van der Waals surface area contributed by atoms with Gasteiger partial charge in [-0.1, -0.05) is 6.92 Å². The molecule has 0 aliphatic rings. The van der Waals surface area contributed by atoms with Gasteiger partial charge in [-0.25, -0.2) is 15.0 Å². The minimum Gasteiger partial charge on any atom is -0.478 e. The first-order valence-corrected chi connectivity index (χ1v) is 6.36. The summed E-state index contributed by atoms with van der Waals surface area (Å²) in [6.45, 7) is 3.22. The van der Waals surface area contributed by atoms with E-state index >= 15 is 0 Å². The number of hydrogen-bond donors (Lipinski definition) is 1. The van der Waals surface area contributed by atoms with Crippen molar-refractivity contribution in [3.05, 3.63) is 42.0 Å². The first-order valence-electron chi connectivity index (χ1n) is 6.36. The largest absolute Gasteiger partial charge is 0.478 e. The van der Waals surface area contributed by atoms with E-state index in [0.717, 1.165) is 12.0 Å². The van der Waals surface area contributed by atoms with E-state index < -0.39 is 0 Å². The summed E-state index contributed by atoms with van der Waals surface area (Å²) >= 11 is 0. The molecule has 2 aromatic rings. The number of ether oxygens (including phenoxy) is 1. The molecule has 6 nitrogen and oxygen atoms in total. The molecule has 6 heteroatoms. The van der Waals surface area contributed by atoms with Crippen LogP contribution in [0, 0.1) is 11.3 Å². The van der Waals surface area contributed by atoms with Crippen LogP contribution in [-0.2, 0) is 6.54 Å². The number of nitrogens with one attached hydrogen (secondary N) is 1. The second kappa shape index (κ2) is 7.04. The number of hydrogen-bond acceptors (Lipinski definition) is 6. The molecule has 2 aromatic heterocycles. The van der Waals surface area contributed by atoms with Gasteiger partial charge in [0.2, 0.25) is 5.88 Å². The van der Waals surface area contributed by atoms with Crippen LogP contribution >= 0.6 is 0 Å². The molecule has 0 aliphatic carbocycles. The quantitative estimate of drug-likeness (QED) is 0.865. The molecule has 0 fully saturated rings. The van der Waals surface area contributed by atoms with Gasteiger partial charge in [0, 0.05) is 31.2 Å². The Morgan fingerprint density at radius 2 is 2.10 bits per heavy atom. The lowest BCUT2D eigenvalue weighted by molar-refractivity contribution is 0.305. The Kier molecular flexibility index (Phi) is 4.84. The fraction of sp³-hybridized carbons (Fsp3) is 0.286. The van der Waals surface area contributed by atoms with Gasteiger partial charge >= 0.3 is 0 Å². The standard InChI is InChI=1S/C14H15N5O/c1-2-7-20-13-8-11(3-4-17-13)10-19-14-12(9-15)16-5-6-18-14/h3-6,8H,2,7,10H2,1H3,(H,18,19). The van der Waals surface area contributed by atoms with Crippen LogP contribution in [-0.4, -0.2) is 21.6 Å². The van der Waals surface area contributed by atoms with E-state index in [1.54, 1.807) is 12.4 Å². The molecule has 0 aromatic carbocycles. The second-order valence-corrected chi connectivity index (χ2v) is 4.07. The van der Waals surface area contributed by atoms with Gasteiger partial charge in [0.05, 0.1) is 6.61 Å². The summed E-state index contributed by atoms with van der Waals surface area (Å²) in [5.74, 6) is 1.08. The molecule has 0 bridgehead atoms. The Balaban J connectivity index is 2.02. The van der Waals surface area contributed by atoms with Crippen molar-refractivity contribution in [2.24, 2.45) is 0 Å². The summed E-state index contributed by atoms with van der Waals surface area (Å²) < 4.78 is 5.47. The van der Waals surface area contributed by atoms with Crippen molar-refractivity contribution in [2.45, 2.75) is 19.9 Å². The summed E-state index contributed by atoms with van der Waals surface area (Å²) in [6.07, 6.45) is 5.68. The van der Waals surface area contributed by atoms with Gasteiger partial charge in [-0.15, -0.1) is 0 Å². The lowest BCUT2D eigenvalue weighted by Gasteiger charge is -2.08. The van der Waals surface area contributed by atoms with Gasteiger partial charge in [-0.3, -0.25) is 0 Å². The van der Waals surface area contributed by atoms with Gasteiger partial charge in [0.1, 0.15) is 6.07 Å². The average molecular weight is 269 g/mol. The Morgan fingerprint density at radius 1 is 1.25 bits per heavy atom. The van der Waals surface area contributed by atoms with Gasteiger partial charge in [-0.05, 0) is 18.1 Å². The van der Waals surface area contributed by atoms with Crippen LogP contribution in [0.3, 0.4) is 0 Å². The lowest BCUT2D eigenvalue weighted by atomic mass is 10.2. The molecule has 0 saturated heterocycles. The molecular formula is C14H15N5O. The summed E-state index contributed by atoms with van der Waals surface area (Å²) in [6, 6.07) is 5.75. The highest BCUT2D eigenvalue weighted by atomic mass is 16.5. The maximum absolute atomic E-state index is 8.93. The fourth-order valence-corrected chi connectivity index (χ4v) is 1.58. The molecule has 0 spiro atoms. The molecular weight excluding hydrogens is 254 g/mol. The normalized spacial score (nSPS) is 9.80. The zero-order chi connectivity index (χ0) is 14.2. The maximum Gasteiger partial charge on any atom is 0.213 e. The summed E-state index contributed by atoms with van der Waals surface area (Å²) in [4.78, 5) is 12.2. The van der Waals surface area contributed by atoms with Crippen molar-refractivity contribution in [2.75, 3.05) is 11.9 Å². The SMILES string of the molecule is CCCOc1cc(CNc2nccnc2C#N)ccn1. The van der Waals surface area contributed by atoms with Gasteiger partial charge in [-0.2, -0.15) is 5.26 Å². The summed E-state index contributed by atoms with van der Waals surface area (Å²) in [5.41, 5.74) is 1.28. The Hall–Kier alpha value is -2.68. The molecule has 0 aliphatic heterocycles. The maximum atomic E-state index is 8.93. The van der Waals surface area contributed by atoms with Crippen molar-refractivity contribution < 1.29 is 4.74 Å². The van der Waals surface area contributed by atoms with Crippen LogP contribution < -0.4 is 10.1 Å². The predicted octanol–water partition coefficient (Wildman–Crippen LogP) is 2.14. The average Bonchev–Trinajstić information content (AvgIpc) is 2.51. The predicted molar refractivity (Wildman–Crippen MR) is 74.1 cm³/mol. The molecule has 2 rings (SSSR count). The lowest BCUT2D eigenvalue weighted by Crippen LogP contribution is -2.05. The molecule has 0 unspecified atom stereocenters. The van der Waals surface area contributed by atoms with E-state index in [1.165, 1.54) is 6.20 Å². The van der Waals surface area contributed by atoms with E-state index in [2.05, 4.69) is 20.3 Å². The molecule has 0 saturated carbocycles. The molecule has 1 N–H and O–H groups in total. The molecule has 102 valence electrons. The third-order valence-corrected chi connectivity index (χ3v) is 2.52. The zero-order valence-electron chi connectivity index (χ0n) is 11.2. The first kappa shape index (κ1) is 13.7. The van der Waals surface area contributed by atoms with Crippen molar-refractivity contribution >= 4 is 5.82 Å². The molecule has 0 amide bonds. The van der Waals surface area contributed by atoms with Gasteiger partial charge in [0.15, 0.2) is 11.5 Å². The number of nitriles is 1. The third kappa shape index (κ3) is 3.65. The summed E-state index contributed by atoms with van der Waals surface area (Å²) in [7, 11) is 0. The van der Waals surface area contributed by atoms with Crippen molar-refractivity contribution in [1.29, 1.82) is 5.26 Å². The monoisotopic (exact) mass is 269 g/mol. The van der Waals surface area contributed by atoms with Crippen molar-refractivity contribution in [3.8, 4) is 11.9 Å². The Labute approximate surface area is 117 Å². The zero-order valence-corrected chi connectivity index (χ0v) is 11.2. The van der Waals surface area contributed by atoms with E-state index in [-0.39, 0.29) is 5.69 Å². The van der Waals surface area contributed by atoms with E-state index in [0.29, 0.717) is 24.8 Å². The smallest absolute Gasteiger partial charge is 0.213 e. The molecule has 2 heterocycles. The van der Waals surface area contributed by atoms with Gasteiger partial charge in [0.25, 0.3) is 0 Å². The molecule has 20 heavy (non-hydrogen) atoms. The minimum atomic E-state index is 0.281. The van der Waals surface area contributed by atoms with Crippen molar-refractivity contribution in [3.63, 3.8) is 0 Å². The molecule has 0 atom stereocenters. The highest BCUT2D eigenvalue weighted by Gasteiger charge is 2.04. The number of aromatic nitrogens is 3. The highest BCUT2D eigenvalue weighted by molar-refractivity contribution is 5.47. The number of nitrogens with zero attached hydrogens (tertiary/aromatic N) is 4. The van der Waals surface area contributed by atoms with Crippen LogP contribution in [0.2, 0.25) is 0 Å². The Morgan fingerprint density at radius 3 is 2.90 bits per heavy atom. The van der Waals surface area contributed by atoms with Crippen molar-refractivity contribution in [1.82, 2.24) is 15.0 Å². The number of rotatable bonds is 6. The second-order valence-electron chi connectivity index (χ2n) is 4.07. The van der Waals surface area contributed by atoms with E-state index in [1.807, 2.05) is 25.1 Å². The first-order chi connectivity index (χ1) is 9.83. The number of pyridine rings is 1. The topological polar surface area (TPSA) is 83.7 Å². The Bertz CT molecular complexity index is 609. The molecule has 0 radical (unpaired) electrons. The number of anilines is 1. The fourth-order valence-electron chi connectivity index (χ4n) is 1.58. The van der Waals surface area contributed by atoms with E-state index in [4.69, 9.17) is 10.00 Å². The van der Waals surface area contributed by atoms with Gasteiger partial charge < -0.3 is 10.1 Å². The van der Waals surface area contributed by atoms with E-state index in [9.17, 15) is 0 Å². The third-order valence-electron chi connectivity index (χ3n) is 2.52. The van der Waals surface area contributed by atoms with Crippen LogP contribution in [0.1, 0.15) is 24.6 Å². The van der Waals surface area contributed by atoms with Crippen LogP contribution in [0.15, 0.2) is 30.7 Å². The highest BCUT2D eigenvalue weighted by Crippen LogP contribution is 2.12. The van der Waals surface area contributed by atoms with Crippen LogP contribution in [0.25, 0.3) is 0 Å². The minimum absolute atomic E-state index is 0.281. The summed E-state index contributed by atoms with van der Waals surface area (Å²) in [5, 5.41) is 12.0. The van der Waals surface area contributed by atoms with Crippen LogP contribution in [0.4, 0.5) is 5.82 Å². The van der Waals surface area contributed by atoms with Crippen LogP contribution in [0.5, 0.6) is 5.88 Å².